The Morgan fingerprint density at radius 3 is 2.48 bits per heavy atom. The number of ether oxygens (including phenoxy) is 2. The SMILES string of the molecule is C=C1C(=O)OC(c2ccc(O)c(OC)c2)C1c1ccc(Cl)cc1. The van der Waals surface area contributed by atoms with Crippen molar-refractivity contribution in [3.8, 4) is 11.5 Å². The van der Waals surface area contributed by atoms with Crippen LogP contribution in [0.5, 0.6) is 11.5 Å². The van der Waals surface area contributed by atoms with Gasteiger partial charge in [0.1, 0.15) is 6.10 Å². The van der Waals surface area contributed by atoms with Gasteiger partial charge in [-0.05, 0) is 35.4 Å². The predicted molar refractivity (Wildman–Crippen MR) is 86.8 cm³/mol. The lowest BCUT2D eigenvalue weighted by molar-refractivity contribution is -0.139. The number of carbonyl (C=O) groups is 1. The van der Waals surface area contributed by atoms with Crippen molar-refractivity contribution in [2.75, 3.05) is 7.11 Å². The number of aromatic hydroxyl groups is 1. The minimum atomic E-state index is -0.523. The molecule has 1 fully saturated rings. The highest BCUT2D eigenvalue weighted by Gasteiger charge is 2.40. The number of phenolic OH excluding ortho intramolecular Hbond substituents is 1. The summed E-state index contributed by atoms with van der Waals surface area (Å²) in [5.74, 6) is -0.385. The molecular formula is C18H15ClO4. The molecule has 0 amide bonds. The second-order valence-corrected chi connectivity index (χ2v) is 5.75. The van der Waals surface area contributed by atoms with Gasteiger partial charge < -0.3 is 14.6 Å². The van der Waals surface area contributed by atoms with Gasteiger partial charge in [-0.2, -0.15) is 0 Å². The summed E-state index contributed by atoms with van der Waals surface area (Å²) in [5, 5.41) is 10.3. The molecule has 4 nitrogen and oxygen atoms in total. The lowest BCUT2D eigenvalue weighted by Gasteiger charge is -2.19. The Morgan fingerprint density at radius 2 is 1.83 bits per heavy atom. The summed E-state index contributed by atoms with van der Waals surface area (Å²) in [5.41, 5.74) is 2.01. The summed E-state index contributed by atoms with van der Waals surface area (Å²) in [4.78, 5) is 12.0. The molecule has 0 saturated carbocycles. The number of methoxy groups -OCH3 is 1. The van der Waals surface area contributed by atoms with Crippen molar-refractivity contribution in [2.24, 2.45) is 0 Å². The fourth-order valence-electron chi connectivity index (χ4n) is 2.75. The van der Waals surface area contributed by atoms with Crippen LogP contribution in [-0.2, 0) is 9.53 Å². The van der Waals surface area contributed by atoms with Gasteiger partial charge in [0.2, 0.25) is 0 Å². The van der Waals surface area contributed by atoms with E-state index in [1.54, 1.807) is 24.3 Å². The van der Waals surface area contributed by atoms with Gasteiger partial charge in [-0.15, -0.1) is 0 Å². The van der Waals surface area contributed by atoms with Crippen LogP contribution in [0.2, 0.25) is 5.02 Å². The lowest BCUT2D eigenvalue weighted by Crippen LogP contribution is -2.07. The van der Waals surface area contributed by atoms with Crippen molar-refractivity contribution in [3.63, 3.8) is 0 Å². The molecule has 1 heterocycles. The number of cyclic esters (lactones) is 1. The minimum absolute atomic E-state index is 0.0300. The van der Waals surface area contributed by atoms with Gasteiger partial charge in [-0.25, -0.2) is 4.79 Å². The zero-order chi connectivity index (χ0) is 16.6. The molecule has 3 rings (SSSR count). The van der Waals surface area contributed by atoms with Crippen molar-refractivity contribution in [3.05, 3.63) is 70.8 Å². The van der Waals surface area contributed by atoms with Gasteiger partial charge in [-0.1, -0.05) is 36.4 Å². The van der Waals surface area contributed by atoms with E-state index < -0.39 is 12.1 Å². The van der Waals surface area contributed by atoms with E-state index in [4.69, 9.17) is 21.1 Å². The standard InChI is InChI=1S/C18H15ClO4/c1-10-16(11-3-6-13(19)7-4-11)17(23-18(10)21)12-5-8-14(20)15(9-12)22-2/h3-9,16-17,20H,1H2,2H3. The average molecular weight is 331 g/mol. The second kappa shape index (κ2) is 5.97. The average Bonchev–Trinajstić information content (AvgIpc) is 2.84. The number of esters is 1. The smallest absolute Gasteiger partial charge is 0.334 e. The molecule has 118 valence electrons. The number of hydrogen-bond acceptors (Lipinski definition) is 4. The van der Waals surface area contributed by atoms with Crippen molar-refractivity contribution < 1.29 is 19.4 Å². The summed E-state index contributed by atoms with van der Waals surface area (Å²) < 4.78 is 10.6. The van der Waals surface area contributed by atoms with E-state index in [0.717, 1.165) is 11.1 Å². The van der Waals surface area contributed by atoms with E-state index in [2.05, 4.69) is 6.58 Å². The van der Waals surface area contributed by atoms with Crippen LogP contribution in [0.3, 0.4) is 0 Å². The molecule has 23 heavy (non-hydrogen) atoms. The molecule has 2 aromatic carbocycles. The van der Waals surface area contributed by atoms with Crippen LogP contribution in [0.15, 0.2) is 54.6 Å². The molecule has 1 aliphatic rings. The number of rotatable bonds is 3. The first-order chi connectivity index (χ1) is 11.0. The molecular weight excluding hydrogens is 316 g/mol. The Bertz CT molecular complexity index is 767. The second-order valence-electron chi connectivity index (χ2n) is 5.31. The predicted octanol–water partition coefficient (Wildman–Crippen LogP) is 3.99. The fraction of sp³-hybridized carbons (Fsp3) is 0.167. The summed E-state index contributed by atoms with van der Waals surface area (Å²) in [6.07, 6.45) is -0.523. The normalized spacial score (nSPS) is 20.4. The highest BCUT2D eigenvalue weighted by atomic mass is 35.5. The van der Waals surface area contributed by atoms with Gasteiger partial charge in [0.25, 0.3) is 0 Å². The molecule has 2 aromatic rings. The molecule has 0 aromatic heterocycles. The van der Waals surface area contributed by atoms with Crippen molar-refractivity contribution >= 4 is 17.6 Å². The maximum atomic E-state index is 12.0. The fourth-order valence-corrected chi connectivity index (χ4v) is 2.87. The third-order valence-electron chi connectivity index (χ3n) is 3.94. The van der Waals surface area contributed by atoms with E-state index in [-0.39, 0.29) is 11.7 Å². The van der Waals surface area contributed by atoms with Crippen LogP contribution in [0.1, 0.15) is 23.1 Å². The monoisotopic (exact) mass is 330 g/mol. The number of hydrogen-bond donors (Lipinski definition) is 1. The Kier molecular flexibility index (Phi) is 4.01. The van der Waals surface area contributed by atoms with Crippen LogP contribution in [0, 0.1) is 0 Å². The van der Waals surface area contributed by atoms with E-state index in [9.17, 15) is 9.90 Å². The van der Waals surface area contributed by atoms with Gasteiger partial charge in [-0.3, -0.25) is 0 Å². The molecule has 0 spiro atoms. The zero-order valence-corrected chi connectivity index (χ0v) is 13.2. The summed E-state index contributed by atoms with van der Waals surface area (Å²) >= 11 is 5.93. The molecule has 0 aliphatic carbocycles. The largest absolute Gasteiger partial charge is 0.504 e. The third kappa shape index (κ3) is 2.78. The van der Waals surface area contributed by atoms with Crippen LogP contribution in [0.4, 0.5) is 0 Å². The summed E-state index contributed by atoms with van der Waals surface area (Å²) in [6, 6.07) is 12.1. The van der Waals surface area contributed by atoms with Crippen molar-refractivity contribution in [1.29, 1.82) is 0 Å². The first kappa shape index (κ1) is 15.4. The van der Waals surface area contributed by atoms with E-state index in [1.807, 2.05) is 12.1 Å². The van der Waals surface area contributed by atoms with Crippen molar-refractivity contribution in [2.45, 2.75) is 12.0 Å². The number of carbonyl (C=O) groups excluding carboxylic acids is 1. The first-order valence-electron chi connectivity index (χ1n) is 7.03. The maximum absolute atomic E-state index is 12.0. The Hall–Kier alpha value is -2.46. The maximum Gasteiger partial charge on any atom is 0.334 e. The van der Waals surface area contributed by atoms with Crippen LogP contribution in [-0.4, -0.2) is 18.2 Å². The number of benzene rings is 2. The van der Waals surface area contributed by atoms with E-state index in [0.29, 0.717) is 16.3 Å². The Morgan fingerprint density at radius 1 is 1.17 bits per heavy atom. The Labute approximate surface area is 138 Å². The molecule has 2 atom stereocenters. The van der Waals surface area contributed by atoms with Crippen molar-refractivity contribution in [1.82, 2.24) is 0 Å². The molecule has 0 bridgehead atoms. The van der Waals surface area contributed by atoms with Gasteiger partial charge >= 0.3 is 5.97 Å². The summed E-state index contributed by atoms with van der Waals surface area (Å²) in [7, 11) is 1.47. The quantitative estimate of drug-likeness (QED) is 0.683. The minimum Gasteiger partial charge on any atom is -0.504 e. The molecule has 2 unspecified atom stereocenters. The highest BCUT2D eigenvalue weighted by molar-refractivity contribution is 6.30. The number of halogens is 1. The first-order valence-corrected chi connectivity index (χ1v) is 7.41. The molecule has 1 N–H and O–H groups in total. The third-order valence-corrected chi connectivity index (χ3v) is 4.19. The van der Waals surface area contributed by atoms with Gasteiger partial charge in [0.15, 0.2) is 11.5 Å². The van der Waals surface area contributed by atoms with Gasteiger partial charge in [0, 0.05) is 10.6 Å². The lowest BCUT2D eigenvalue weighted by atomic mass is 9.86. The van der Waals surface area contributed by atoms with Crippen LogP contribution < -0.4 is 4.74 Å². The summed E-state index contributed by atoms with van der Waals surface area (Å²) in [6.45, 7) is 3.86. The Balaban J connectivity index is 2.04. The zero-order valence-electron chi connectivity index (χ0n) is 12.5. The van der Waals surface area contributed by atoms with E-state index in [1.165, 1.54) is 13.2 Å². The van der Waals surface area contributed by atoms with E-state index >= 15 is 0 Å². The molecule has 1 aliphatic heterocycles. The van der Waals surface area contributed by atoms with Crippen LogP contribution >= 0.6 is 11.6 Å². The van der Waals surface area contributed by atoms with Gasteiger partial charge in [0.05, 0.1) is 13.0 Å². The highest BCUT2D eigenvalue weighted by Crippen LogP contribution is 2.46. The molecule has 0 radical (unpaired) electrons. The molecule has 5 heteroatoms. The molecule has 1 saturated heterocycles. The van der Waals surface area contributed by atoms with Crippen LogP contribution in [0.25, 0.3) is 0 Å². The number of phenols is 1. The topological polar surface area (TPSA) is 55.8 Å².